The van der Waals surface area contributed by atoms with Gasteiger partial charge < -0.3 is 4.74 Å². The lowest BCUT2D eigenvalue weighted by Crippen LogP contribution is -2.32. The number of aryl methyl sites for hydroxylation is 1. The van der Waals surface area contributed by atoms with Crippen molar-refractivity contribution in [2.75, 3.05) is 7.11 Å². The maximum absolute atomic E-state index is 7.43. The molecule has 0 N–H and O–H groups in total. The first kappa shape index (κ1) is 19.7. The highest BCUT2D eigenvalue weighted by Crippen LogP contribution is 2.30. The first-order chi connectivity index (χ1) is 14.3. The number of hydrogen-bond donors (Lipinski definition) is 0. The summed E-state index contributed by atoms with van der Waals surface area (Å²) in [7, 11) is 1.67. The highest BCUT2D eigenvalue weighted by Gasteiger charge is 2.31. The normalized spacial score (nSPS) is 11.5. The van der Waals surface area contributed by atoms with Crippen LogP contribution in [0.5, 0.6) is 6.01 Å². The second kappa shape index (κ2) is 7.31. The summed E-state index contributed by atoms with van der Waals surface area (Å²) in [4.78, 5) is 8.21. The SMILES string of the molecule is [C-]#[N+]c1cnc2c(c1)[n+](-c1ccccc1C)c(OC)n2-c1ccc(C(C)(C)C)cc1. The molecule has 0 spiro atoms. The van der Waals surface area contributed by atoms with Crippen LogP contribution in [0.15, 0.2) is 60.8 Å². The average molecular weight is 398 g/mol. The number of pyridine rings is 1. The first-order valence-electron chi connectivity index (χ1n) is 9.90. The maximum Gasteiger partial charge on any atom is 0.468 e. The van der Waals surface area contributed by atoms with E-state index < -0.39 is 0 Å². The van der Waals surface area contributed by atoms with Crippen molar-refractivity contribution in [3.63, 3.8) is 0 Å². The maximum atomic E-state index is 7.43. The van der Waals surface area contributed by atoms with E-state index in [-0.39, 0.29) is 5.41 Å². The van der Waals surface area contributed by atoms with Crippen LogP contribution in [0.3, 0.4) is 0 Å². The molecule has 0 aliphatic heterocycles. The summed E-state index contributed by atoms with van der Waals surface area (Å²) in [6.07, 6.45) is 1.61. The molecule has 0 bridgehead atoms. The van der Waals surface area contributed by atoms with E-state index in [1.807, 2.05) is 27.3 Å². The van der Waals surface area contributed by atoms with Gasteiger partial charge in [0.1, 0.15) is 11.4 Å². The van der Waals surface area contributed by atoms with E-state index >= 15 is 0 Å². The van der Waals surface area contributed by atoms with E-state index in [9.17, 15) is 0 Å². The highest BCUT2D eigenvalue weighted by molar-refractivity contribution is 5.76. The number of rotatable bonds is 3. The fraction of sp³-hybridized carbons (Fsp3) is 0.240. The van der Waals surface area contributed by atoms with Gasteiger partial charge in [-0.3, -0.25) is 0 Å². The Labute approximate surface area is 177 Å². The van der Waals surface area contributed by atoms with Gasteiger partial charge in [-0.15, -0.1) is 4.57 Å². The molecular formula is C25H25N4O+. The number of imidazole rings is 1. The number of fused-ring (bicyclic) bond motifs is 1. The lowest BCUT2D eigenvalue weighted by atomic mass is 9.87. The van der Waals surface area contributed by atoms with Crippen LogP contribution in [0, 0.1) is 13.5 Å². The molecular weight excluding hydrogens is 372 g/mol. The summed E-state index contributed by atoms with van der Waals surface area (Å²) in [5.41, 5.74) is 6.46. The Bertz CT molecular complexity index is 1270. The summed E-state index contributed by atoms with van der Waals surface area (Å²) in [5.74, 6) is 0. The summed E-state index contributed by atoms with van der Waals surface area (Å²) in [6.45, 7) is 16.1. The third-order valence-corrected chi connectivity index (χ3v) is 5.33. The smallest absolute Gasteiger partial charge is 0.434 e. The van der Waals surface area contributed by atoms with Crippen molar-refractivity contribution in [3.05, 3.63) is 83.3 Å². The van der Waals surface area contributed by atoms with Crippen LogP contribution in [0.2, 0.25) is 0 Å². The van der Waals surface area contributed by atoms with Crippen LogP contribution < -0.4 is 9.30 Å². The third-order valence-electron chi connectivity index (χ3n) is 5.33. The average Bonchev–Trinajstić information content (AvgIpc) is 3.06. The van der Waals surface area contributed by atoms with Crippen LogP contribution in [-0.4, -0.2) is 16.7 Å². The summed E-state index contributed by atoms with van der Waals surface area (Å²) in [5, 5.41) is 0. The van der Waals surface area contributed by atoms with Gasteiger partial charge in [0.25, 0.3) is 5.65 Å². The van der Waals surface area contributed by atoms with E-state index in [0.717, 1.165) is 28.1 Å². The molecule has 0 fully saturated rings. The molecule has 0 aliphatic rings. The highest BCUT2D eigenvalue weighted by atomic mass is 16.5. The molecule has 0 radical (unpaired) electrons. The molecule has 0 amide bonds. The fourth-order valence-electron chi connectivity index (χ4n) is 3.70. The van der Waals surface area contributed by atoms with Crippen molar-refractivity contribution < 1.29 is 9.30 Å². The lowest BCUT2D eigenvalue weighted by Gasteiger charge is -2.18. The van der Waals surface area contributed by atoms with E-state index in [1.165, 1.54) is 5.56 Å². The number of aromatic nitrogens is 3. The zero-order valence-electron chi connectivity index (χ0n) is 18.0. The summed E-state index contributed by atoms with van der Waals surface area (Å²) in [6, 6.07) is 19.1. The Morgan fingerprint density at radius 3 is 2.37 bits per heavy atom. The lowest BCUT2D eigenvalue weighted by molar-refractivity contribution is -0.576. The second-order valence-corrected chi connectivity index (χ2v) is 8.39. The predicted molar refractivity (Wildman–Crippen MR) is 119 cm³/mol. The Balaban J connectivity index is 2.06. The van der Waals surface area contributed by atoms with Gasteiger partial charge in [0.15, 0.2) is 5.52 Å². The standard InChI is InChI=1S/C25H25N4O/c1-17-9-7-8-10-21(17)29-22-15-19(26-5)16-27-23(22)28(24(29)30-6)20-13-11-18(12-14-20)25(2,3)4/h7-16H,1-4,6H3/q+1. The second-order valence-electron chi connectivity index (χ2n) is 8.39. The van der Waals surface area contributed by atoms with Crippen molar-refractivity contribution in [1.29, 1.82) is 0 Å². The minimum Gasteiger partial charge on any atom is -0.434 e. The number of ether oxygens (including phenoxy) is 1. The van der Waals surface area contributed by atoms with E-state index in [2.05, 4.69) is 73.9 Å². The molecule has 2 aromatic carbocycles. The van der Waals surface area contributed by atoms with E-state index in [4.69, 9.17) is 11.3 Å². The number of methoxy groups -OCH3 is 1. The minimum atomic E-state index is 0.0746. The van der Waals surface area contributed by atoms with Gasteiger partial charge in [-0.25, -0.2) is 9.83 Å². The molecule has 2 heterocycles. The number of nitrogens with zero attached hydrogens (tertiary/aromatic N) is 4. The Hall–Kier alpha value is -3.65. The van der Waals surface area contributed by atoms with Gasteiger partial charge in [-0.1, -0.05) is 51.1 Å². The monoisotopic (exact) mass is 397 g/mol. The number of para-hydroxylation sites is 1. The molecule has 150 valence electrons. The van der Waals surface area contributed by atoms with Crippen LogP contribution >= 0.6 is 0 Å². The summed E-state index contributed by atoms with van der Waals surface area (Å²) >= 11 is 0. The Morgan fingerprint density at radius 1 is 1.07 bits per heavy atom. The topological polar surface area (TPSA) is 35.3 Å². The van der Waals surface area contributed by atoms with Gasteiger partial charge >= 0.3 is 6.01 Å². The van der Waals surface area contributed by atoms with Crippen LogP contribution in [0.25, 0.3) is 27.4 Å². The molecule has 0 saturated carbocycles. The molecule has 5 heteroatoms. The number of hydrogen-bond acceptors (Lipinski definition) is 2. The van der Waals surface area contributed by atoms with Gasteiger partial charge in [0, 0.05) is 6.20 Å². The molecule has 0 atom stereocenters. The third kappa shape index (κ3) is 3.21. The largest absolute Gasteiger partial charge is 0.468 e. The van der Waals surface area contributed by atoms with Crippen LogP contribution in [-0.2, 0) is 5.41 Å². The van der Waals surface area contributed by atoms with E-state index in [1.54, 1.807) is 13.3 Å². The first-order valence-corrected chi connectivity index (χ1v) is 9.90. The van der Waals surface area contributed by atoms with Gasteiger partial charge in [0.2, 0.25) is 5.69 Å². The quantitative estimate of drug-likeness (QED) is 0.339. The van der Waals surface area contributed by atoms with Gasteiger partial charge in [-0.05, 0) is 47.7 Å². The van der Waals surface area contributed by atoms with E-state index in [0.29, 0.717) is 11.7 Å². The van der Waals surface area contributed by atoms with Crippen LogP contribution in [0.4, 0.5) is 5.69 Å². The fourth-order valence-corrected chi connectivity index (χ4v) is 3.70. The van der Waals surface area contributed by atoms with Crippen molar-refractivity contribution in [2.24, 2.45) is 0 Å². The molecule has 4 aromatic rings. The van der Waals surface area contributed by atoms with Gasteiger partial charge in [0.05, 0.1) is 13.7 Å². The predicted octanol–water partition coefficient (Wildman–Crippen LogP) is 5.47. The molecule has 0 unspecified atom stereocenters. The summed E-state index contributed by atoms with van der Waals surface area (Å²) < 4.78 is 9.94. The molecule has 2 aromatic heterocycles. The minimum absolute atomic E-state index is 0.0746. The Kier molecular flexibility index (Phi) is 4.79. The zero-order valence-corrected chi connectivity index (χ0v) is 18.0. The number of benzene rings is 2. The molecule has 30 heavy (non-hydrogen) atoms. The molecule has 0 saturated heterocycles. The molecule has 5 nitrogen and oxygen atoms in total. The zero-order chi connectivity index (χ0) is 21.5. The van der Waals surface area contributed by atoms with Gasteiger partial charge in [-0.2, -0.15) is 4.57 Å². The molecule has 0 aliphatic carbocycles. The van der Waals surface area contributed by atoms with Crippen molar-refractivity contribution in [3.8, 4) is 17.4 Å². The molecule has 4 rings (SSSR count). The van der Waals surface area contributed by atoms with Crippen LogP contribution in [0.1, 0.15) is 31.9 Å². The van der Waals surface area contributed by atoms with Crippen molar-refractivity contribution >= 4 is 16.9 Å². The van der Waals surface area contributed by atoms with Crippen molar-refractivity contribution in [1.82, 2.24) is 9.55 Å². The Morgan fingerprint density at radius 2 is 1.77 bits per heavy atom. The van der Waals surface area contributed by atoms with Crippen molar-refractivity contribution in [2.45, 2.75) is 33.1 Å².